The highest BCUT2D eigenvalue weighted by Gasteiger charge is 2.20. The van der Waals surface area contributed by atoms with Crippen LogP contribution in [0.3, 0.4) is 0 Å². The van der Waals surface area contributed by atoms with Crippen LogP contribution in [0.15, 0.2) is 18.2 Å². The molecule has 1 saturated heterocycles. The molecule has 1 amide bonds. The van der Waals surface area contributed by atoms with Gasteiger partial charge < -0.3 is 10.2 Å². The van der Waals surface area contributed by atoms with Crippen LogP contribution in [-0.2, 0) is 6.54 Å². The van der Waals surface area contributed by atoms with Gasteiger partial charge in [-0.2, -0.15) is 0 Å². The molecule has 0 aromatic heterocycles. The number of hydrogen-bond donors (Lipinski definition) is 1. The molecule has 1 aromatic carbocycles. The van der Waals surface area contributed by atoms with Gasteiger partial charge in [0, 0.05) is 30.9 Å². The summed E-state index contributed by atoms with van der Waals surface area (Å²) in [6.45, 7) is 2.94. The maximum atomic E-state index is 11.5. The van der Waals surface area contributed by atoms with Gasteiger partial charge in [0.15, 0.2) is 0 Å². The van der Waals surface area contributed by atoms with Crippen molar-refractivity contribution in [3.63, 3.8) is 0 Å². The second-order valence-corrected chi connectivity index (χ2v) is 4.22. The average molecular weight is 202 g/mol. The van der Waals surface area contributed by atoms with E-state index in [4.69, 9.17) is 0 Å². The smallest absolute Gasteiger partial charge is 0.251 e. The monoisotopic (exact) mass is 202 g/mol. The fraction of sp³-hybridized carbons (Fsp3) is 0.417. The minimum atomic E-state index is 0.0750. The van der Waals surface area contributed by atoms with Crippen molar-refractivity contribution in [3.8, 4) is 0 Å². The zero-order chi connectivity index (χ0) is 10.3. The first-order chi connectivity index (χ1) is 7.34. The van der Waals surface area contributed by atoms with Crippen LogP contribution in [0.1, 0.15) is 28.8 Å². The van der Waals surface area contributed by atoms with Crippen molar-refractivity contribution in [2.45, 2.75) is 19.4 Å². The molecule has 2 aliphatic rings. The van der Waals surface area contributed by atoms with E-state index in [0.717, 1.165) is 24.2 Å². The predicted molar refractivity (Wildman–Crippen MR) is 59.1 cm³/mol. The number of carbonyl (C=O) groups excluding carboxylic acids is 1. The van der Waals surface area contributed by atoms with Crippen molar-refractivity contribution in [1.29, 1.82) is 0 Å². The van der Waals surface area contributed by atoms with Crippen LogP contribution in [0.25, 0.3) is 0 Å². The van der Waals surface area contributed by atoms with Crippen LogP contribution in [0.2, 0.25) is 0 Å². The minimum Gasteiger partial charge on any atom is -0.372 e. The summed E-state index contributed by atoms with van der Waals surface area (Å²) in [4.78, 5) is 13.9. The standard InChI is InChI=1S/C12H14N2O/c15-12-11-7-10(14-5-1-2-6-14)4-3-9(11)8-13-12/h3-4,7H,1-2,5-6,8H2,(H,13,15). The van der Waals surface area contributed by atoms with Gasteiger partial charge in [-0.15, -0.1) is 0 Å². The number of hydrogen-bond acceptors (Lipinski definition) is 2. The van der Waals surface area contributed by atoms with Crippen molar-refractivity contribution in [2.24, 2.45) is 0 Å². The van der Waals surface area contributed by atoms with Crippen molar-refractivity contribution in [2.75, 3.05) is 18.0 Å². The summed E-state index contributed by atoms with van der Waals surface area (Å²) in [7, 11) is 0. The third-order valence-electron chi connectivity index (χ3n) is 3.25. The Morgan fingerprint density at radius 3 is 2.80 bits per heavy atom. The van der Waals surface area contributed by atoms with Crippen molar-refractivity contribution >= 4 is 11.6 Å². The summed E-state index contributed by atoms with van der Waals surface area (Å²) in [6.07, 6.45) is 2.53. The van der Waals surface area contributed by atoms with E-state index in [0.29, 0.717) is 6.54 Å². The van der Waals surface area contributed by atoms with Crippen molar-refractivity contribution in [3.05, 3.63) is 29.3 Å². The minimum absolute atomic E-state index is 0.0750. The number of nitrogens with zero attached hydrogens (tertiary/aromatic N) is 1. The van der Waals surface area contributed by atoms with Crippen LogP contribution in [0.5, 0.6) is 0 Å². The van der Waals surface area contributed by atoms with Gasteiger partial charge >= 0.3 is 0 Å². The Morgan fingerprint density at radius 1 is 1.20 bits per heavy atom. The number of anilines is 1. The number of benzene rings is 1. The lowest BCUT2D eigenvalue weighted by Gasteiger charge is -2.17. The molecule has 15 heavy (non-hydrogen) atoms. The first-order valence-electron chi connectivity index (χ1n) is 5.51. The molecule has 0 spiro atoms. The van der Waals surface area contributed by atoms with E-state index in [-0.39, 0.29) is 5.91 Å². The van der Waals surface area contributed by atoms with E-state index < -0.39 is 0 Å². The van der Waals surface area contributed by atoms with E-state index in [1.165, 1.54) is 18.5 Å². The van der Waals surface area contributed by atoms with Gasteiger partial charge in [0.05, 0.1) is 0 Å². The summed E-state index contributed by atoms with van der Waals surface area (Å²) in [5.41, 5.74) is 3.19. The summed E-state index contributed by atoms with van der Waals surface area (Å²) in [5, 5.41) is 2.85. The van der Waals surface area contributed by atoms with Crippen LogP contribution in [0.4, 0.5) is 5.69 Å². The molecule has 2 aliphatic heterocycles. The second kappa shape index (κ2) is 3.26. The highest BCUT2D eigenvalue weighted by Crippen LogP contribution is 2.25. The highest BCUT2D eigenvalue weighted by molar-refractivity contribution is 5.99. The quantitative estimate of drug-likeness (QED) is 0.749. The van der Waals surface area contributed by atoms with Gasteiger partial charge in [-0.25, -0.2) is 0 Å². The topological polar surface area (TPSA) is 32.3 Å². The third kappa shape index (κ3) is 1.39. The first kappa shape index (κ1) is 8.77. The van der Waals surface area contributed by atoms with Gasteiger partial charge in [-0.1, -0.05) is 6.07 Å². The lowest BCUT2D eigenvalue weighted by Crippen LogP contribution is -2.18. The average Bonchev–Trinajstić information content (AvgIpc) is 2.88. The van der Waals surface area contributed by atoms with E-state index in [1.54, 1.807) is 0 Å². The Kier molecular flexibility index (Phi) is 1.91. The largest absolute Gasteiger partial charge is 0.372 e. The molecule has 0 unspecified atom stereocenters. The third-order valence-corrected chi connectivity index (χ3v) is 3.25. The van der Waals surface area contributed by atoms with E-state index in [2.05, 4.69) is 22.3 Å². The number of amides is 1. The summed E-state index contributed by atoms with van der Waals surface area (Å²) < 4.78 is 0. The maximum Gasteiger partial charge on any atom is 0.251 e. The highest BCUT2D eigenvalue weighted by atomic mass is 16.1. The molecular weight excluding hydrogens is 188 g/mol. The number of carbonyl (C=O) groups is 1. The molecule has 3 nitrogen and oxygen atoms in total. The Labute approximate surface area is 89.1 Å². The molecule has 0 atom stereocenters. The molecule has 1 fully saturated rings. The molecule has 3 heteroatoms. The van der Waals surface area contributed by atoms with Crippen molar-refractivity contribution in [1.82, 2.24) is 5.32 Å². The summed E-state index contributed by atoms with van der Waals surface area (Å²) >= 11 is 0. The van der Waals surface area contributed by atoms with Crippen LogP contribution < -0.4 is 10.2 Å². The van der Waals surface area contributed by atoms with Gasteiger partial charge in [0.2, 0.25) is 0 Å². The normalized spacial score (nSPS) is 19.2. The fourth-order valence-corrected chi connectivity index (χ4v) is 2.37. The van der Waals surface area contributed by atoms with Gasteiger partial charge in [-0.3, -0.25) is 4.79 Å². The van der Waals surface area contributed by atoms with Gasteiger partial charge in [-0.05, 0) is 30.5 Å². The molecule has 0 radical (unpaired) electrons. The van der Waals surface area contributed by atoms with Gasteiger partial charge in [0.25, 0.3) is 5.91 Å². The Balaban J connectivity index is 1.97. The molecular formula is C12H14N2O. The zero-order valence-electron chi connectivity index (χ0n) is 8.62. The SMILES string of the molecule is O=C1NCc2ccc(N3CCCC3)cc21. The molecule has 3 rings (SSSR count). The van der Waals surface area contributed by atoms with Gasteiger partial charge in [0.1, 0.15) is 0 Å². The molecule has 2 heterocycles. The Hall–Kier alpha value is -1.51. The molecule has 1 N–H and O–H groups in total. The summed E-state index contributed by atoms with van der Waals surface area (Å²) in [6, 6.07) is 6.23. The molecule has 0 saturated carbocycles. The molecule has 0 bridgehead atoms. The Morgan fingerprint density at radius 2 is 2.00 bits per heavy atom. The van der Waals surface area contributed by atoms with E-state index >= 15 is 0 Å². The second-order valence-electron chi connectivity index (χ2n) is 4.22. The zero-order valence-corrected chi connectivity index (χ0v) is 8.62. The van der Waals surface area contributed by atoms with Crippen molar-refractivity contribution < 1.29 is 4.79 Å². The number of rotatable bonds is 1. The van der Waals surface area contributed by atoms with E-state index in [1.807, 2.05) is 6.07 Å². The molecule has 1 aromatic rings. The number of fused-ring (bicyclic) bond motifs is 1. The molecule has 0 aliphatic carbocycles. The van der Waals surface area contributed by atoms with Crippen LogP contribution in [-0.4, -0.2) is 19.0 Å². The predicted octanol–water partition coefficient (Wildman–Crippen LogP) is 1.53. The molecule has 78 valence electrons. The van der Waals surface area contributed by atoms with Crippen LogP contribution >= 0.6 is 0 Å². The summed E-state index contributed by atoms with van der Waals surface area (Å²) in [5.74, 6) is 0.0750. The lowest BCUT2D eigenvalue weighted by atomic mass is 10.1. The van der Waals surface area contributed by atoms with Crippen LogP contribution in [0, 0.1) is 0 Å². The Bertz CT molecular complexity index is 408. The lowest BCUT2D eigenvalue weighted by molar-refractivity contribution is 0.0966. The maximum absolute atomic E-state index is 11.5. The number of nitrogens with one attached hydrogen (secondary N) is 1. The first-order valence-corrected chi connectivity index (χ1v) is 5.51. The van der Waals surface area contributed by atoms with E-state index in [9.17, 15) is 4.79 Å². The fourth-order valence-electron chi connectivity index (χ4n) is 2.37.